The van der Waals surface area contributed by atoms with Crippen molar-refractivity contribution in [1.82, 2.24) is 19.6 Å². The monoisotopic (exact) mass is 383 g/mol. The number of hydrogen-bond donors (Lipinski definition) is 2. The fraction of sp³-hybridized carbons (Fsp3) is 0.176. The molecule has 0 bridgehead atoms. The van der Waals surface area contributed by atoms with Crippen LogP contribution in [-0.2, 0) is 13.6 Å². The molecule has 0 fully saturated rings. The van der Waals surface area contributed by atoms with E-state index in [1.807, 2.05) is 0 Å². The number of nitro groups is 1. The lowest BCUT2D eigenvalue weighted by Gasteiger charge is -2.09. The van der Waals surface area contributed by atoms with Crippen LogP contribution in [0.1, 0.15) is 27.9 Å². The van der Waals surface area contributed by atoms with Gasteiger partial charge in [0.15, 0.2) is 5.69 Å². The van der Waals surface area contributed by atoms with Crippen LogP contribution < -0.4 is 10.6 Å². The maximum absolute atomic E-state index is 12.6. The van der Waals surface area contributed by atoms with E-state index in [0.717, 1.165) is 6.20 Å². The number of carbonyl (C=O) groups is 2. The molecule has 0 atom stereocenters. The maximum atomic E-state index is 12.6. The number of rotatable bonds is 6. The highest BCUT2D eigenvalue weighted by molar-refractivity contribution is 6.06. The minimum atomic E-state index is -0.667. The lowest BCUT2D eigenvalue weighted by Crippen LogP contribution is -2.19. The second-order valence-corrected chi connectivity index (χ2v) is 5.81. The van der Waals surface area contributed by atoms with Gasteiger partial charge in [0.05, 0.1) is 4.92 Å². The van der Waals surface area contributed by atoms with Crippen molar-refractivity contribution in [3.63, 3.8) is 0 Å². The van der Waals surface area contributed by atoms with Gasteiger partial charge in [0.25, 0.3) is 11.8 Å². The Morgan fingerprint density at radius 2 is 1.86 bits per heavy atom. The smallest absolute Gasteiger partial charge is 0.320 e. The summed E-state index contributed by atoms with van der Waals surface area (Å²) in [5, 5.41) is 24.3. The molecule has 11 nitrogen and oxygen atoms in total. The molecule has 2 N–H and O–H groups in total. The molecule has 2 heterocycles. The number of carbonyl (C=O) groups excluding carboxylic acids is 2. The number of anilines is 2. The first-order valence-electron chi connectivity index (χ1n) is 8.31. The van der Waals surface area contributed by atoms with Gasteiger partial charge in [-0.3, -0.25) is 29.1 Å². The van der Waals surface area contributed by atoms with Gasteiger partial charge in [-0.15, -0.1) is 0 Å². The molecular weight excluding hydrogens is 366 g/mol. The van der Waals surface area contributed by atoms with Crippen molar-refractivity contribution in [2.45, 2.75) is 13.5 Å². The fourth-order valence-corrected chi connectivity index (χ4v) is 2.58. The first-order valence-corrected chi connectivity index (χ1v) is 8.31. The van der Waals surface area contributed by atoms with E-state index < -0.39 is 16.7 Å². The molecule has 0 radical (unpaired) electrons. The van der Waals surface area contributed by atoms with Gasteiger partial charge in [-0.05, 0) is 31.2 Å². The quantitative estimate of drug-likeness (QED) is 0.494. The molecule has 2 aromatic heterocycles. The molecular formula is C17H17N7O4. The number of nitrogens with one attached hydrogen (secondary N) is 2. The van der Waals surface area contributed by atoms with Gasteiger partial charge in [-0.2, -0.15) is 10.2 Å². The van der Waals surface area contributed by atoms with Crippen LogP contribution in [0.4, 0.5) is 17.1 Å². The number of benzene rings is 1. The SMILES string of the molecule is CCn1ncc([N+](=O)[O-])c1C(=O)Nc1cccc(NC(=O)c2ccn(C)n2)c1. The van der Waals surface area contributed by atoms with Crippen molar-refractivity contribution in [2.75, 3.05) is 10.6 Å². The molecule has 28 heavy (non-hydrogen) atoms. The van der Waals surface area contributed by atoms with Crippen molar-refractivity contribution in [3.8, 4) is 0 Å². The third kappa shape index (κ3) is 3.87. The number of hydrogen-bond acceptors (Lipinski definition) is 6. The van der Waals surface area contributed by atoms with Crippen molar-refractivity contribution in [2.24, 2.45) is 7.05 Å². The molecule has 144 valence electrons. The summed E-state index contributed by atoms with van der Waals surface area (Å²) in [5.74, 6) is -1.07. The largest absolute Gasteiger partial charge is 0.321 e. The van der Waals surface area contributed by atoms with Crippen LogP contribution in [0.5, 0.6) is 0 Å². The molecule has 0 aliphatic rings. The van der Waals surface area contributed by atoms with Gasteiger partial charge in [0.1, 0.15) is 6.20 Å². The zero-order valence-corrected chi connectivity index (χ0v) is 15.1. The van der Waals surface area contributed by atoms with Crippen LogP contribution >= 0.6 is 0 Å². The zero-order valence-electron chi connectivity index (χ0n) is 15.1. The van der Waals surface area contributed by atoms with E-state index in [1.165, 1.54) is 15.4 Å². The molecule has 0 unspecified atom stereocenters. The molecule has 0 spiro atoms. The first kappa shape index (κ1) is 18.8. The van der Waals surface area contributed by atoms with Crippen molar-refractivity contribution in [1.29, 1.82) is 0 Å². The van der Waals surface area contributed by atoms with Crippen molar-refractivity contribution < 1.29 is 14.5 Å². The standard InChI is InChI=1S/C17H17N7O4/c1-3-23-15(14(10-18-23)24(27)28)17(26)20-12-6-4-5-11(9-12)19-16(25)13-7-8-22(2)21-13/h4-10H,3H2,1-2H3,(H,19,25)(H,20,26). The first-order chi connectivity index (χ1) is 13.4. The third-order valence-electron chi connectivity index (χ3n) is 3.86. The van der Waals surface area contributed by atoms with Gasteiger partial charge >= 0.3 is 5.69 Å². The fourth-order valence-electron chi connectivity index (χ4n) is 2.58. The summed E-state index contributed by atoms with van der Waals surface area (Å²) < 4.78 is 2.76. The summed E-state index contributed by atoms with van der Waals surface area (Å²) in [7, 11) is 1.70. The lowest BCUT2D eigenvalue weighted by molar-refractivity contribution is -0.385. The molecule has 11 heteroatoms. The summed E-state index contributed by atoms with van der Waals surface area (Å²) >= 11 is 0. The Hall–Kier alpha value is -4.02. The second-order valence-electron chi connectivity index (χ2n) is 5.81. The van der Waals surface area contributed by atoms with E-state index in [-0.39, 0.29) is 17.1 Å². The van der Waals surface area contributed by atoms with E-state index in [4.69, 9.17) is 0 Å². The van der Waals surface area contributed by atoms with Gasteiger partial charge in [0.2, 0.25) is 5.69 Å². The summed E-state index contributed by atoms with van der Waals surface area (Å²) in [5.41, 5.74) is 0.530. The van der Waals surface area contributed by atoms with Gasteiger partial charge < -0.3 is 10.6 Å². The molecule has 2 amide bonds. The van der Waals surface area contributed by atoms with Gasteiger partial charge in [0, 0.05) is 31.2 Å². The summed E-state index contributed by atoms with van der Waals surface area (Å²) in [6.45, 7) is 2.03. The summed E-state index contributed by atoms with van der Waals surface area (Å²) in [6.07, 6.45) is 2.69. The highest BCUT2D eigenvalue weighted by atomic mass is 16.6. The number of aromatic nitrogens is 4. The molecule has 0 saturated carbocycles. The minimum Gasteiger partial charge on any atom is -0.321 e. The normalized spacial score (nSPS) is 10.5. The van der Waals surface area contributed by atoms with Crippen molar-refractivity contribution in [3.05, 3.63) is 64.2 Å². The van der Waals surface area contributed by atoms with E-state index in [1.54, 1.807) is 44.4 Å². The second kappa shape index (κ2) is 7.70. The lowest BCUT2D eigenvalue weighted by atomic mass is 10.2. The zero-order chi connectivity index (χ0) is 20.3. The predicted molar refractivity (Wildman–Crippen MR) is 100 cm³/mol. The average molecular weight is 383 g/mol. The number of amides is 2. The summed E-state index contributed by atoms with van der Waals surface area (Å²) in [6, 6.07) is 8.00. The molecule has 3 aromatic rings. The molecule has 1 aromatic carbocycles. The molecule has 0 aliphatic carbocycles. The Kier molecular flexibility index (Phi) is 5.16. The topological polar surface area (TPSA) is 137 Å². The molecule has 0 saturated heterocycles. The number of aryl methyl sites for hydroxylation is 2. The maximum Gasteiger partial charge on any atom is 0.320 e. The van der Waals surface area contributed by atoms with Crippen molar-refractivity contribution >= 4 is 28.9 Å². The van der Waals surface area contributed by atoms with E-state index in [9.17, 15) is 19.7 Å². The van der Waals surface area contributed by atoms with E-state index >= 15 is 0 Å². The van der Waals surface area contributed by atoms with Crippen LogP contribution in [0.25, 0.3) is 0 Å². The van der Waals surface area contributed by atoms with E-state index in [0.29, 0.717) is 17.9 Å². The Bertz CT molecular complexity index is 1050. The van der Waals surface area contributed by atoms with Crippen LogP contribution in [-0.4, -0.2) is 36.3 Å². The molecule has 3 rings (SSSR count). The Balaban J connectivity index is 1.78. The van der Waals surface area contributed by atoms with Crippen LogP contribution in [0.15, 0.2) is 42.7 Å². The minimum absolute atomic E-state index is 0.143. The van der Waals surface area contributed by atoms with Crippen LogP contribution in [0.2, 0.25) is 0 Å². The van der Waals surface area contributed by atoms with Gasteiger partial charge in [-0.25, -0.2) is 0 Å². The average Bonchev–Trinajstić information content (AvgIpc) is 3.28. The molecule has 0 aliphatic heterocycles. The van der Waals surface area contributed by atoms with Crippen LogP contribution in [0.3, 0.4) is 0 Å². The van der Waals surface area contributed by atoms with Gasteiger partial charge in [-0.1, -0.05) is 6.07 Å². The number of nitrogens with zero attached hydrogens (tertiary/aromatic N) is 5. The Morgan fingerprint density at radius 3 is 2.43 bits per heavy atom. The third-order valence-corrected chi connectivity index (χ3v) is 3.86. The van der Waals surface area contributed by atoms with E-state index in [2.05, 4.69) is 20.8 Å². The predicted octanol–water partition coefficient (Wildman–Crippen LogP) is 2.05. The Morgan fingerprint density at radius 1 is 1.18 bits per heavy atom. The van der Waals surface area contributed by atoms with Crippen LogP contribution in [0, 0.1) is 10.1 Å². The Labute approximate surface area is 159 Å². The highest BCUT2D eigenvalue weighted by Gasteiger charge is 2.26. The summed E-state index contributed by atoms with van der Waals surface area (Å²) in [4.78, 5) is 35.2. The highest BCUT2D eigenvalue weighted by Crippen LogP contribution is 2.21.